The second-order valence-corrected chi connectivity index (χ2v) is 20.4. The lowest BCUT2D eigenvalue weighted by atomic mass is 10.0. The van der Waals surface area contributed by atoms with Crippen molar-refractivity contribution in [2.24, 2.45) is 0 Å². The maximum atomic E-state index is 13.3. The van der Waals surface area contributed by atoms with Gasteiger partial charge in [-0.05, 0) is 83.5 Å². The van der Waals surface area contributed by atoms with Crippen LogP contribution in [0.25, 0.3) is 0 Å². The van der Waals surface area contributed by atoms with Crippen LogP contribution in [0, 0.1) is 0 Å². The van der Waals surface area contributed by atoms with Gasteiger partial charge in [0.15, 0.2) is 0 Å². The van der Waals surface area contributed by atoms with Gasteiger partial charge in [0.2, 0.25) is 5.91 Å². The maximum absolute atomic E-state index is 13.3. The van der Waals surface area contributed by atoms with Crippen molar-refractivity contribution >= 4 is 11.9 Å². The van der Waals surface area contributed by atoms with Crippen LogP contribution in [0.3, 0.4) is 0 Å². The second kappa shape index (κ2) is 55.7. The number of hydrogen-bond donors (Lipinski definition) is 3. The normalized spacial score (nSPS) is 13.4. The molecule has 0 rings (SSSR count). The van der Waals surface area contributed by atoms with Gasteiger partial charge in [-0.25, -0.2) is 0 Å². The van der Waals surface area contributed by atoms with Gasteiger partial charge < -0.3 is 20.3 Å². The summed E-state index contributed by atoms with van der Waals surface area (Å²) in [5.74, 6) is -0.501. The highest BCUT2D eigenvalue weighted by atomic mass is 16.5. The second-order valence-electron chi connectivity index (χ2n) is 20.4. The molecule has 68 heavy (non-hydrogen) atoms. The van der Waals surface area contributed by atoms with Crippen LogP contribution < -0.4 is 5.32 Å². The maximum Gasteiger partial charge on any atom is 0.306 e. The molecule has 3 atom stereocenters. The first-order valence-corrected chi connectivity index (χ1v) is 29.9. The molecule has 0 spiro atoms. The molecular weight excluding hydrogens is 839 g/mol. The molecule has 0 radical (unpaired) electrons. The minimum Gasteiger partial charge on any atom is -0.462 e. The molecule has 398 valence electrons. The number of carbonyl (C=O) groups excluding carboxylic acids is 2. The number of unbranched alkanes of at least 4 members (excludes halogenated alkanes) is 35. The number of carbonyl (C=O) groups is 2. The molecule has 0 bridgehead atoms. The SMILES string of the molecule is CCCCC/C=C\C/C=C\CCCCCCCCCC(CC(=O)NC(CO)C(O)CCCCCCCCCCCCCCCCCC)OC(=O)CCCCC/C=C/C=C/CCCCCCCCC. The number of hydrogen-bond acceptors (Lipinski definition) is 5. The number of rotatable bonds is 54. The van der Waals surface area contributed by atoms with E-state index in [1.165, 1.54) is 180 Å². The summed E-state index contributed by atoms with van der Waals surface area (Å²) < 4.78 is 5.96. The van der Waals surface area contributed by atoms with E-state index in [-0.39, 0.29) is 24.9 Å². The topological polar surface area (TPSA) is 95.9 Å². The molecule has 0 aromatic rings. The highest BCUT2D eigenvalue weighted by Crippen LogP contribution is 2.18. The van der Waals surface area contributed by atoms with E-state index in [1.54, 1.807) is 0 Å². The first-order valence-electron chi connectivity index (χ1n) is 29.9. The summed E-state index contributed by atoms with van der Waals surface area (Å²) in [5, 5.41) is 23.9. The van der Waals surface area contributed by atoms with E-state index in [2.05, 4.69) is 74.7 Å². The van der Waals surface area contributed by atoms with Crippen molar-refractivity contribution < 1.29 is 24.5 Å². The van der Waals surface area contributed by atoms with E-state index >= 15 is 0 Å². The van der Waals surface area contributed by atoms with Crippen LogP contribution >= 0.6 is 0 Å². The monoisotopic (exact) mass is 954 g/mol. The molecule has 0 aliphatic heterocycles. The highest BCUT2D eigenvalue weighted by Gasteiger charge is 2.24. The van der Waals surface area contributed by atoms with Crippen LogP contribution in [0.15, 0.2) is 48.6 Å². The first-order chi connectivity index (χ1) is 33.5. The molecule has 0 aliphatic rings. The number of esters is 1. The third-order valence-electron chi connectivity index (χ3n) is 13.7. The zero-order chi connectivity index (χ0) is 49.5. The largest absolute Gasteiger partial charge is 0.462 e. The van der Waals surface area contributed by atoms with Crippen LogP contribution in [0.2, 0.25) is 0 Å². The Bertz CT molecular complexity index is 1160. The summed E-state index contributed by atoms with van der Waals surface area (Å²) in [4.78, 5) is 26.3. The molecule has 0 aromatic heterocycles. The zero-order valence-corrected chi connectivity index (χ0v) is 45.5. The third kappa shape index (κ3) is 50.2. The summed E-state index contributed by atoms with van der Waals surface area (Å²) in [7, 11) is 0. The lowest BCUT2D eigenvalue weighted by Crippen LogP contribution is -2.46. The van der Waals surface area contributed by atoms with Crippen molar-refractivity contribution in [2.45, 2.75) is 328 Å². The number of amides is 1. The van der Waals surface area contributed by atoms with E-state index in [0.717, 1.165) is 83.5 Å². The number of nitrogens with one attached hydrogen (secondary N) is 1. The van der Waals surface area contributed by atoms with E-state index in [9.17, 15) is 19.8 Å². The molecule has 6 nitrogen and oxygen atoms in total. The Balaban J connectivity index is 4.60. The van der Waals surface area contributed by atoms with Gasteiger partial charge in [0.05, 0.1) is 25.2 Å². The molecule has 0 heterocycles. The molecule has 0 aliphatic carbocycles. The Morgan fingerprint density at radius 1 is 0.441 bits per heavy atom. The molecule has 0 saturated carbocycles. The minimum absolute atomic E-state index is 0.0629. The van der Waals surface area contributed by atoms with Crippen molar-refractivity contribution in [3.05, 3.63) is 48.6 Å². The Kier molecular flexibility index (Phi) is 54.0. The van der Waals surface area contributed by atoms with E-state index in [4.69, 9.17) is 4.74 Å². The van der Waals surface area contributed by atoms with Gasteiger partial charge in [-0.1, -0.05) is 262 Å². The summed E-state index contributed by atoms with van der Waals surface area (Å²) in [5.41, 5.74) is 0. The molecule has 0 fully saturated rings. The summed E-state index contributed by atoms with van der Waals surface area (Å²) in [6, 6.07) is -0.711. The van der Waals surface area contributed by atoms with Gasteiger partial charge in [-0.15, -0.1) is 0 Å². The molecular formula is C62H115NO5. The van der Waals surface area contributed by atoms with Crippen molar-refractivity contribution in [3.63, 3.8) is 0 Å². The first kappa shape index (κ1) is 65.8. The highest BCUT2D eigenvalue weighted by molar-refractivity contribution is 5.77. The van der Waals surface area contributed by atoms with Crippen LogP contribution in [0.5, 0.6) is 0 Å². The quantitative estimate of drug-likeness (QED) is 0.0244. The summed E-state index contributed by atoms with van der Waals surface area (Å²) in [6.07, 6.45) is 68.9. The number of ether oxygens (including phenoxy) is 1. The van der Waals surface area contributed by atoms with Gasteiger partial charge in [-0.3, -0.25) is 9.59 Å². The predicted octanol–water partition coefficient (Wildman–Crippen LogP) is 18.6. The lowest BCUT2D eigenvalue weighted by Gasteiger charge is -2.24. The Labute approximate surface area is 423 Å². The lowest BCUT2D eigenvalue weighted by molar-refractivity contribution is -0.151. The molecule has 3 unspecified atom stereocenters. The smallest absolute Gasteiger partial charge is 0.306 e. The van der Waals surface area contributed by atoms with Crippen molar-refractivity contribution in [3.8, 4) is 0 Å². The van der Waals surface area contributed by atoms with Gasteiger partial charge in [0.25, 0.3) is 0 Å². The van der Waals surface area contributed by atoms with Crippen LogP contribution in [-0.4, -0.2) is 46.9 Å². The van der Waals surface area contributed by atoms with Crippen LogP contribution in [0.1, 0.15) is 310 Å². The van der Waals surface area contributed by atoms with Crippen LogP contribution in [-0.2, 0) is 14.3 Å². The minimum atomic E-state index is -0.796. The standard InChI is InChI=1S/C62H115NO5/c1-4-7-10-13-16-19-22-25-28-31-32-35-38-41-44-47-50-53-58(68-62(67)55-52-49-46-43-40-37-34-30-27-24-21-18-15-12-9-6-3)56-61(66)63-59(57-64)60(65)54-51-48-45-42-39-36-33-29-26-23-20-17-14-11-8-5-2/h16,19,25,28,30,34,37,40,58-60,64-65H,4-15,17-18,20-24,26-27,29,31-33,35-36,38-39,41-57H2,1-3H3,(H,63,66)/b19-16-,28-25-,34-30+,40-37+. The van der Waals surface area contributed by atoms with Crippen molar-refractivity contribution in [1.29, 1.82) is 0 Å². The van der Waals surface area contributed by atoms with Crippen molar-refractivity contribution in [1.82, 2.24) is 5.32 Å². The zero-order valence-electron chi connectivity index (χ0n) is 45.5. The fourth-order valence-corrected chi connectivity index (χ4v) is 9.10. The Morgan fingerprint density at radius 2 is 0.794 bits per heavy atom. The van der Waals surface area contributed by atoms with E-state index < -0.39 is 18.2 Å². The van der Waals surface area contributed by atoms with E-state index in [1.807, 2.05) is 0 Å². The van der Waals surface area contributed by atoms with E-state index in [0.29, 0.717) is 19.3 Å². The fraction of sp³-hybridized carbons (Fsp3) is 0.839. The van der Waals surface area contributed by atoms with Gasteiger partial charge in [-0.2, -0.15) is 0 Å². The van der Waals surface area contributed by atoms with Crippen LogP contribution in [0.4, 0.5) is 0 Å². The molecule has 1 amide bonds. The number of aliphatic hydroxyl groups is 2. The van der Waals surface area contributed by atoms with Crippen molar-refractivity contribution in [2.75, 3.05) is 6.61 Å². The fourth-order valence-electron chi connectivity index (χ4n) is 9.10. The number of allylic oxidation sites excluding steroid dienone is 8. The molecule has 3 N–H and O–H groups in total. The van der Waals surface area contributed by atoms with Gasteiger partial charge in [0.1, 0.15) is 6.10 Å². The Morgan fingerprint density at radius 3 is 1.24 bits per heavy atom. The summed E-state index contributed by atoms with van der Waals surface area (Å²) >= 11 is 0. The summed E-state index contributed by atoms with van der Waals surface area (Å²) in [6.45, 7) is 6.48. The van der Waals surface area contributed by atoms with Gasteiger partial charge in [0, 0.05) is 6.42 Å². The average molecular weight is 955 g/mol. The molecule has 0 aromatic carbocycles. The molecule has 6 heteroatoms. The average Bonchev–Trinajstić information content (AvgIpc) is 3.33. The molecule has 0 saturated heterocycles. The third-order valence-corrected chi connectivity index (χ3v) is 13.7. The van der Waals surface area contributed by atoms with Gasteiger partial charge >= 0.3 is 5.97 Å². The number of aliphatic hydroxyl groups excluding tert-OH is 2. The predicted molar refractivity (Wildman–Crippen MR) is 296 cm³/mol. The Hall–Kier alpha value is -2.18.